The monoisotopic (exact) mass is 511 g/mol. The number of ether oxygens (including phenoxy) is 1. The number of methoxy groups -OCH3 is 1. The first kappa shape index (κ1) is 24.9. The standard InChI is InChI=1S/C27H33N3O5S/c1-26-12-6-14-28(2)23(32)20(26)21-24(33)30(15-4-5-17-31)22-25(34)29(16-7-13-27(21,22)36-26)18-8-10-19(35-3)11-9-18/h6-13,20-22,31H,4-5,14-17H2,1-3H3/t20-,21-,22?,26+,27-/m0/s1. The number of thioether (sulfide) groups is 1. The van der Waals surface area contributed by atoms with Crippen LogP contribution in [-0.2, 0) is 14.4 Å². The molecule has 0 radical (unpaired) electrons. The van der Waals surface area contributed by atoms with E-state index in [0.29, 0.717) is 38.2 Å². The first-order valence-electron chi connectivity index (χ1n) is 12.4. The summed E-state index contributed by atoms with van der Waals surface area (Å²) in [6, 6.07) is 6.59. The Hall–Kier alpha value is -2.78. The van der Waals surface area contributed by atoms with Crippen molar-refractivity contribution in [3.05, 3.63) is 48.6 Å². The number of carbonyl (C=O) groups excluding carboxylic acids is 3. The van der Waals surface area contributed by atoms with E-state index in [0.717, 1.165) is 5.69 Å². The number of benzene rings is 1. The van der Waals surface area contributed by atoms with Gasteiger partial charge in [0.15, 0.2) is 0 Å². The molecule has 5 atom stereocenters. The number of nitrogens with zero attached hydrogens (tertiary/aromatic N) is 3. The maximum Gasteiger partial charge on any atom is 0.251 e. The summed E-state index contributed by atoms with van der Waals surface area (Å²) in [5.41, 5.74) is 0.729. The van der Waals surface area contributed by atoms with Crippen molar-refractivity contribution in [1.29, 1.82) is 0 Å². The molecule has 2 fully saturated rings. The molecule has 36 heavy (non-hydrogen) atoms. The van der Waals surface area contributed by atoms with Gasteiger partial charge in [0.25, 0.3) is 5.91 Å². The second-order valence-corrected chi connectivity index (χ2v) is 11.9. The average molecular weight is 512 g/mol. The van der Waals surface area contributed by atoms with E-state index in [1.165, 1.54) is 0 Å². The van der Waals surface area contributed by atoms with Crippen LogP contribution in [0.3, 0.4) is 0 Å². The maximum absolute atomic E-state index is 14.3. The number of anilines is 1. The van der Waals surface area contributed by atoms with Crippen LogP contribution in [0.5, 0.6) is 5.75 Å². The molecule has 0 saturated carbocycles. The molecule has 1 N–H and O–H groups in total. The molecule has 192 valence electrons. The molecule has 9 heteroatoms. The lowest BCUT2D eigenvalue weighted by Gasteiger charge is -2.36. The fourth-order valence-corrected chi connectivity index (χ4v) is 8.43. The number of hydrogen-bond acceptors (Lipinski definition) is 6. The fraction of sp³-hybridized carbons (Fsp3) is 0.519. The van der Waals surface area contributed by atoms with Crippen molar-refractivity contribution in [3.63, 3.8) is 0 Å². The van der Waals surface area contributed by atoms with Crippen molar-refractivity contribution in [2.45, 2.75) is 35.3 Å². The van der Waals surface area contributed by atoms with E-state index in [1.54, 1.807) is 40.6 Å². The van der Waals surface area contributed by atoms with Gasteiger partial charge in [-0.2, -0.15) is 0 Å². The summed E-state index contributed by atoms with van der Waals surface area (Å²) in [5, 5.41) is 9.35. The third kappa shape index (κ3) is 3.66. The van der Waals surface area contributed by atoms with Gasteiger partial charge >= 0.3 is 0 Å². The Labute approximate surface area is 215 Å². The summed E-state index contributed by atoms with van der Waals surface area (Å²) in [6.07, 6.45) is 9.17. The van der Waals surface area contributed by atoms with Crippen molar-refractivity contribution < 1.29 is 24.2 Å². The van der Waals surface area contributed by atoms with Crippen molar-refractivity contribution in [2.24, 2.45) is 11.8 Å². The van der Waals surface area contributed by atoms with Gasteiger partial charge in [0, 0.05) is 43.7 Å². The number of unbranched alkanes of at least 4 members (excludes halogenated alkanes) is 1. The molecule has 8 nitrogen and oxygen atoms in total. The van der Waals surface area contributed by atoms with Gasteiger partial charge in [-0.05, 0) is 44.0 Å². The van der Waals surface area contributed by atoms with Crippen LogP contribution in [0.1, 0.15) is 19.8 Å². The minimum Gasteiger partial charge on any atom is -0.497 e. The van der Waals surface area contributed by atoms with E-state index in [1.807, 2.05) is 49.4 Å². The van der Waals surface area contributed by atoms with Gasteiger partial charge in [-0.25, -0.2) is 0 Å². The van der Waals surface area contributed by atoms with Crippen molar-refractivity contribution in [2.75, 3.05) is 45.3 Å². The zero-order valence-electron chi connectivity index (χ0n) is 20.9. The second-order valence-electron chi connectivity index (χ2n) is 10.1. The molecule has 0 aliphatic carbocycles. The molecule has 2 saturated heterocycles. The summed E-state index contributed by atoms with van der Waals surface area (Å²) in [5.74, 6) is -0.857. The number of hydrogen-bond donors (Lipinski definition) is 1. The van der Waals surface area contributed by atoms with Crippen LogP contribution in [0.15, 0.2) is 48.6 Å². The van der Waals surface area contributed by atoms with Crippen molar-refractivity contribution >= 4 is 35.2 Å². The van der Waals surface area contributed by atoms with Crippen LogP contribution in [0.2, 0.25) is 0 Å². The smallest absolute Gasteiger partial charge is 0.251 e. The zero-order chi connectivity index (χ0) is 25.7. The molecule has 5 rings (SSSR count). The molecule has 4 heterocycles. The highest BCUT2D eigenvalue weighted by Gasteiger charge is 2.73. The Morgan fingerprint density at radius 2 is 1.72 bits per heavy atom. The van der Waals surface area contributed by atoms with E-state index in [-0.39, 0.29) is 24.3 Å². The average Bonchev–Trinajstić information content (AvgIpc) is 3.14. The SMILES string of the molecule is COc1ccc(N2CC=C[C@]34S[C@]5(C)C=CCN(C)C(=O)[C@@H]5[C@H]3C(=O)N(CCCCO)C4C2=O)cc1. The van der Waals surface area contributed by atoms with Gasteiger partial charge in [-0.1, -0.05) is 24.3 Å². The molecular weight excluding hydrogens is 478 g/mol. The van der Waals surface area contributed by atoms with Crippen LogP contribution < -0.4 is 9.64 Å². The van der Waals surface area contributed by atoms with Crippen LogP contribution in [0.4, 0.5) is 5.69 Å². The van der Waals surface area contributed by atoms with E-state index < -0.39 is 27.4 Å². The molecule has 3 amide bonds. The number of aliphatic hydroxyl groups is 1. The summed E-state index contributed by atoms with van der Waals surface area (Å²) >= 11 is 1.58. The number of fused-ring (bicyclic) bond motifs is 2. The van der Waals surface area contributed by atoms with Crippen LogP contribution in [0.25, 0.3) is 0 Å². The first-order chi connectivity index (χ1) is 17.3. The van der Waals surface area contributed by atoms with E-state index in [4.69, 9.17) is 4.74 Å². The fourth-order valence-electron chi connectivity index (χ4n) is 6.27. The minimum atomic E-state index is -0.855. The topological polar surface area (TPSA) is 90.4 Å². The van der Waals surface area contributed by atoms with Gasteiger partial charge in [-0.3, -0.25) is 14.4 Å². The first-order valence-corrected chi connectivity index (χ1v) is 13.3. The highest BCUT2D eigenvalue weighted by molar-refractivity contribution is 8.02. The molecule has 4 aliphatic heterocycles. The van der Waals surface area contributed by atoms with Gasteiger partial charge in [0.2, 0.25) is 11.8 Å². The van der Waals surface area contributed by atoms with Crippen LogP contribution >= 0.6 is 11.8 Å². The highest BCUT2D eigenvalue weighted by Crippen LogP contribution is 2.65. The van der Waals surface area contributed by atoms with Crippen molar-refractivity contribution in [1.82, 2.24) is 9.80 Å². The second kappa shape index (κ2) is 9.27. The number of likely N-dealkylation sites (tertiary alicyclic amines) is 1. The number of likely N-dealkylation sites (N-methyl/N-ethyl adjacent to an activating group) is 1. The Kier molecular flexibility index (Phi) is 6.41. The molecule has 1 unspecified atom stereocenters. The summed E-state index contributed by atoms with van der Waals surface area (Å²) in [6.45, 7) is 3.29. The Bertz CT molecular complexity index is 1120. The molecule has 1 aromatic rings. The largest absolute Gasteiger partial charge is 0.497 e. The number of carbonyl (C=O) groups is 3. The lowest BCUT2D eigenvalue weighted by Crippen LogP contribution is -2.53. The predicted molar refractivity (Wildman–Crippen MR) is 139 cm³/mol. The lowest BCUT2D eigenvalue weighted by atomic mass is 9.74. The van der Waals surface area contributed by atoms with Gasteiger partial charge in [0.05, 0.1) is 23.7 Å². The third-order valence-corrected chi connectivity index (χ3v) is 9.75. The lowest BCUT2D eigenvalue weighted by molar-refractivity contribution is -0.143. The summed E-state index contributed by atoms with van der Waals surface area (Å²) < 4.78 is 3.82. The predicted octanol–water partition coefficient (Wildman–Crippen LogP) is 2.09. The molecule has 4 aliphatic rings. The summed E-state index contributed by atoms with van der Waals surface area (Å²) in [4.78, 5) is 47.1. The quantitative estimate of drug-likeness (QED) is 0.465. The maximum atomic E-state index is 14.3. The Balaban J connectivity index is 1.60. The molecule has 0 aromatic heterocycles. The van der Waals surface area contributed by atoms with E-state index in [9.17, 15) is 19.5 Å². The minimum absolute atomic E-state index is 0.0244. The Morgan fingerprint density at radius 3 is 2.42 bits per heavy atom. The van der Waals surface area contributed by atoms with Crippen LogP contribution in [0, 0.1) is 11.8 Å². The van der Waals surface area contributed by atoms with Crippen LogP contribution in [-0.4, -0.2) is 88.6 Å². The number of rotatable bonds is 6. The van der Waals surface area contributed by atoms with Crippen molar-refractivity contribution in [3.8, 4) is 5.75 Å². The zero-order valence-corrected chi connectivity index (χ0v) is 21.7. The number of amides is 3. The van der Waals surface area contributed by atoms with Gasteiger partial charge < -0.3 is 24.5 Å². The summed E-state index contributed by atoms with van der Waals surface area (Å²) in [7, 11) is 3.36. The Morgan fingerprint density at radius 1 is 1.00 bits per heavy atom. The van der Waals surface area contributed by atoms with Gasteiger partial charge in [-0.15, -0.1) is 11.8 Å². The van der Waals surface area contributed by atoms with E-state index >= 15 is 0 Å². The molecular formula is C27H33N3O5S. The van der Waals surface area contributed by atoms with E-state index in [2.05, 4.69) is 6.08 Å². The highest BCUT2D eigenvalue weighted by atomic mass is 32.2. The molecule has 1 spiro atoms. The third-order valence-electron chi connectivity index (χ3n) is 7.95. The number of aliphatic hydroxyl groups excluding tert-OH is 1. The molecule has 1 aromatic carbocycles. The van der Waals surface area contributed by atoms with Gasteiger partial charge in [0.1, 0.15) is 11.8 Å². The normalized spacial score (nSPS) is 33.4. The molecule has 0 bridgehead atoms.